The average Bonchev–Trinajstić information content (AvgIpc) is 3.48. The number of Topliss-reactive ketones (excluding diaryl/α,β-unsaturated/α-hetero) is 3. The number of esters is 2. The Balaban J connectivity index is 1.70. The summed E-state index contributed by atoms with van der Waals surface area (Å²) >= 11 is 0. The van der Waals surface area contributed by atoms with Crippen molar-refractivity contribution >= 4 is 35.2 Å². The summed E-state index contributed by atoms with van der Waals surface area (Å²) in [5, 5.41) is 25.5. The predicted octanol–water partition coefficient (Wildman–Crippen LogP) is 5.30. The molecule has 6 rings (SSSR count). The number of amides is 1. The lowest BCUT2D eigenvalue weighted by atomic mass is 9.78. The van der Waals surface area contributed by atoms with Gasteiger partial charge >= 0.3 is 17.7 Å². The fourth-order valence-corrected chi connectivity index (χ4v) is 8.74. The summed E-state index contributed by atoms with van der Waals surface area (Å²) in [7, 11) is 4.45. The fourth-order valence-electron chi connectivity index (χ4n) is 8.74. The van der Waals surface area contributed by atoms with Gasteiger partial charge in [-0.3, -0.25) is 28.8 Å². The summed E-state index contributed by atoms with van der Waals surface area (Å²) in [6.07, 6.45) is 7.18. The molecule has 5 bridgehead atoms. The molecule has 15 nitrogen and oxygen atoms in total. The van der Waals surface area contributed by atoms with Crippen molar-refractivity contribution in [2.24, 2.45) is 29.6 Å². The van der Waals surface area contributed by atoms with Crippen LogP contribution in [0.2, 0.25) is 0 Å². The Bertz CT molecular complexity index is 2080. The number of nitrogens with zero attached hydrogens (tertiary/aromatic N) is 1. The molecule has 1 aromatic carbocycles. The minimum Gasteiger partial charge on any atom is -0.462 e. The molecule has 61 heavy (non-hydrogen) atoms. The summed E-state index contributed by atoms with van der Waals surface area (Å²) in [6, 6.07) is 0. The standard InChI is InChI=1S/C46H60N2O13/c1-22-16-15-17-23(2)44(55)47-34-35(48(9)10)39(53)31-32(38(34)52)41(60-45(56)29-18-13-12-14-19-29)27(6)42-33(31)43(54)46(8,61-42)58-21-20-30(57-11)24(3)40(59-28(7)49)26(5)37(51)25(4)36(22)50/h15-17,20-22,24-26,29-30,36-37,40,50-51H,12-14,18-19H2,1-11H3,(H,47,55)/b16-15-,21-20-,23-17-/t22-,24+,25+,26-,30-,36-,37-,40+,46-/m0/s1. The Morgan fingerprint density at radius 2 is 1.54 bits per heavy atom. The van der Waals surface area contributed by atoms with Gasteiger partial charge in [0.05, 0.1) is 47.2 Å². The van der Waals surface area contributed by atoms with Crippen molar-refractivity contribution < 1.29 is 62.7 Å². The Morgan fingerprint density at radius 3 is 2.15 bits per heavy atom. The van der Waals surface area contributed by atoms with Gasteiger partial charge in [-0.15, -0.1) is 0 Å². The van der Waals surface area contributed by atoms with E-state index in [1.165, 1.54) is 72.2 Å². The first kappa shape index (κ1) is 46.9. The molecule has 1 fully saturated rings. The van der Waals surface area contributed by atoms with E-state index in [2.05, 4.69) is 5.32 Å². The first-order valence-corrected chi connectivity index (χ1v) is 20.9. The number of aliphatic hydroxyl groups excluding tert-OH is 2. The number of rotatable bonds is 5. The molecule has 0 spiro atoms. The highest BCUT2D eigenvalue weighted by molar-refractivity contribution is 6.32. The van der Waals surface area contributed by atoms with Gasteiger partial charge < -0.3 is 44.1 Å². The number of allylic oxidation sites excluding steroid dienone is 4. The van der Waals surface area contributed by atoms with Crippen molar-refractivity contribution in [2.75, 3.05) is 21.2 Å². The van der Waals surface area contributed by atoms with E-state index >= 15 is 0 Å². The predicted molar refractivity (Wildman–Crippen MR) is 222 cm³/mol. The van der Waals surface area contributed by atoms with Gasteiger partial charge in [0.1, 0.15) is 29.0 Å². The number of aliphatic hydroxyl groups is 2. The summed E-state index contributed by atoms with van der Waals surface area (Å²) in [5.74, 6) is -9.87. The number of carbonyl (C=O) groups is 6. The molecule has 2 aliphatic carbocycles. The molecule has 1 amide bonds. The number of methoxy groups -OCH3 is 1. The van der Waals surface area contributed by atoms with Gasteiger partial charge in [0.2, 0.25) is 11.6 Å². The first-order valence-electron chi connectivity index (χ1n) is 20.9. The van der Waals surface area contributed by atoms with Crippen LogP contribution in [0.25, 0.3) is 0 Å². The van der Waals surface area contributed by atoms with Gasteiger partial charge in [0, 0.05) is 69.9 Å². The number of hydrogen-bond donors (Lipinski definition) is 3. The van der Waals surface area contributed by atoms with Gasteiger partial charge in [-0.25, -0.2) is 0 Å². The smallest absolute Gasteiger partial charge is 0.314 e. The molecular weight excluding hydrogens is 789 g/mol. The van der Waals surface area contributed by atoms with Crippen LogP contribution in [0, 0.1) is 36.5 Å². The molecule has 3 N–H and O–H groups in total. The molecule has 9 atom stereocenters. The van der Waals surface area contributed by atoms with Crippen molar-refractivity contribution in [2.45, 2.75) is 118 Å². The Hall–Kier alpha value is -5.12. The largest absolute Gasteiger partial charge is 0.462 e. The lowest BCUT2D eigenvalue weighted by molar-refractivity contribution is -0.160. The number of fused-ring (bicyclic) bond motifs is 14. The molecule has 0 aromatic heterocycles. The molecule has 3 heterocycles. The maximum Gasteiger partial charge on any atom is 0.314 e. The second kappa shape index (κ2) is 18.9. The van der Waals surface area contributed by atoms with Crippen LogP contribution < -0.4 is 14.8 Å². The topological polar surface area (TPSA) is 204 Å². The highest BCUT2D eigenvalue weighted by Gasteiger charge is 2.53. The van der Waals surface area contributed by atoms with E-state index in [9.17, 15) is 39.0 Å². The Kier molecular flexibility index (Phi) is 14.5. The van der Waals surface area contributed by atoms with E-state index in [-0.39, 0.29) is 50.7 Å². The normalized spacial score (nSPS) is 32.2. The number of ketones is 3. The molecule has 1 aromatic rings. The van der Waals surface area contributed by atoms with Crippen LogP contribution in [0.1, 0.15) is 117 Å². The minimum atomic E-state index is -2.10. The number of likely N-dealkylation sites (N-methyl/N-ethyl adjacent to an activating group) is 1. The quantitative estimate of drug-likeness (QED) is 0.254. The summed E-state index contributed by atoms with van der Waals surface area (Å²) in [4.78, 5) is 85.5. The van der Waals surface area contributed by atoms with Crippen LogP contribution in [0.15, 0.2) is 47.5 Å². The summed E-state index contributed by atoms with van der Waals surface area (Å²) in [5.41, 5.74) is -1.34. The number of ether oxygens (including phenoxy) is 5. The summed E-state index contributed by atoms with van der Waals surface area (Å²) in [6.45, 7) is 12.5. The second-order valence-electron chi connectivity index (χ2n) is 17.1. The molecule has 3 aliphatic heterocycles. The summed E-state index contributed by atoms with van der Waals surface area (Å²) < 4.78 is 29.9. The van der Waals surface area contributed by atoms with Crippen molar-refractivity contribution in [3.05, 3.63) is 69.8 Å². The third-order valence-corrected chi connectivity index (χ3v) is 12.5. The minimum absolute atomic E-state index is 0.0973. The van der Waals surface area contributed by atoms with Gasteiger partial charge in [-0.1, -0.05) is 65.2 Å². The molecular formula is C46H60N2O13. The number of carbonyl (C=O) groups excluding carboxylic acids is 6. The number of benzene rings is 1. The van der Waals surface area contributed by atoms with E-state index in [1.807, 2.05) is 0 Å². The fraction of sp³-hybridized carbons (Fsp3) is 0.565. The Morgan fingerprint density at radius 1 is 0.885 bits per heavy atom. The van der Waals surface area contributed by atoms with E-state index in [0.717, 1.165) is 19.3 Å². The van der Waals surface area contributed by atoms with Crippen LogP contribution >= 0.6 is 0 Å². The zero-order valence-electron chi connectivity index (χ0n) is 37.0. The van der Waals surface area contributed by atoms with E-state index in [0.29, 0.717) is 12.8 Å². The van der Waals surface area contributed by atoms with Crippen molar-refractivity contribution in [3.8, 4) is 11.5 Å². The number of nitrogens with one attached hydrogen (secondary N) is 1. The number of hydrogen-bond acceptors (Lipinski definition) is 14. The average molecular weight is 849 g/mol. The lowest BCUT2D eigenvalue weighted by Gasteiger charge is -2.38. The van der Waals surface area contributed by atoms with E-state index < -0.39 is 95.0 Å². The maximum absolute atomic E-state index is 14.8. The zero-order chi connectivity index (χ0) is 45.2. The molecule has 1 saturated carbocycles. The molecule has 15 heteroatoms. The van der Waals surface area contributed by atoms with Crippen molar-refractivity contribution in [1.82, 2.24) is 10.2 Å². The van der Waals surface area contributed by atoms with Crippen LogP contribution in [0.4, 0.5) is 0 Å². The van der Waals surface area contributed by atoms with E-state index in [1.54, 1.807) is 39.8 Å². The molecule has 0 saturated heterocycles. The molecule has 0 radical (unpaired) electrons. The Labute approximate surface area is 357 Å². The third-order valence-electron chi connectivity index (χ3n) is 12.5. The van der Waals surface area contributed by atoms with Gasteiger partial charge in [-0.2, -0.15) is 0 Å². The van der Waals surface area contributed by atoms with Gasteiger partial charge in [0.15, 0.2) is 0 Å². The molecule has 0 unspecified atom stereocenters. The molecule has 332 valence electrons. The van der Waals surface area contributed by atoms with Crippen molar-refractivity contribution in [3.63, 3.8) is 0 Å². The maximum atomic E-state index is 14.8. The highest BCUT2D eigenvalue weighted by Crippen LogP contribution is 2.49. The second-order valence-corrected chi connectivity index (χ2v) is 17.1. The monoisotopic (exact) mass is 848 g/mol. The zero-order valence-corrected chi connectivity index (χ0v) is 37.0. The lowest BCUT2D eigenvalue weighted by Crippen LogP contribution is -2.46. The third kappa shape index (κ3) is 9.24. The van der Waals surface area contributed by atoms with Crippen molar-refractivity contribution in [1.29, 1.82) is 0 Å². The SMILES string of the molecule is CO[C@H]1/C=C\O[C@@]2(C)Oc3c(C)c(OC(=O)C4CCCCC4)c4c(c3C2=O)C(=O)C(N(C)C)=C(NC(=O)/C(C)=C\C=C/[C@H](C)[C@H](O)[C@@H](C)[C@H](O)[C@H](C)[C@H](OC(C)=O)[C@@H]1C)C4=O. The van der Waals surface area contributed by atoms with Gasteiger partial charge in [-0.05, 0) is 32.8 Å². The van der Waals surface area contributed by atoms with Gasteiger partial charge in [0.25, 0.3) is 11.7 Å². The van der Waals surface area contributed by atoms with Crippen LogP contribution in [-0.2, 0) is 28.6 Å². The highest BCUT2D eigenvalue weighted by atomic mass is 16.7. The van der Waals surface area contributed by atoms with Crippen LogP contribution in [-0.4, -0.2) is 102 Å². The van der Waals surface area contributed by atoms with E-state index in [4.69, 9.17) is 23.7 Å². The molecule has 5 aliphatic rings. The van der Waals surface area contributed by atoms with Crippen LogP contribution in [0.3, 0.4) is 0 Å². The van der Waals surface area contributed by atoms with Crippen LogP contribution in [0.5, 0.6) is 11.5 Å². The first-order chi connectivity index (χ1) is 28.7.